The first-order valence-corrected chi connectivity index (χ1v) is 10.7. The van der Waals surface area contributed by atoms with Crippen LogP contribution in [0.4, 0.5) is 10.2 Å². The molecule has 2 aromatic carbocycles. The van der Waals surface area contributed by atoms with Gasteiger partial charge in [-0.2, -0.15) is 5.10 Å². The highest BCUT2D eigenvalue weighted by molar-refractivity contribution is 5.94. The molecule has 0 aliphatic heterocycles. The number of para-hydroxylation sites is 1. The number of halogens is 1. The van der Waals surface area contributed by atoms with Gasteiger partial charge in [0.2, 0.25) is 0 Å². The number of anilines is 1. The summed E-state index contributed by atoms with van der Waals surface area (Å²) in [4.78, 5) is 17.1. The van der Waals surface area contributed by atoms with Gasteiger partial charge >= 0.3 is 0 Å². The Bertz CT molecular complexity index is 1010. The fourth-order valence-electron chi connectivity index (χ4n) is 3.77. The van der Waals surface area contributed by atoms with Gasteiger partial charge in [0.05, 0.1) is 17.9 Å². The summed E-state index contributed by atoms with van der Waals surface area (Å²) >= 11 is 0. The van der Waals surface area contributed by atoms with Crippen LogP contribution in [0.1, 0.15) is 54.7 Å². The molecule has 0 aliphatic rings. The number of hydrogen-bond acceptors (Lipinski definition) is 3. The normalized spacial score (nSPS) is 11.1. The lowest BCUT2D eigenvalue weighted by atomic mass is 10.0. The zero-order chi connectivity index (χ0) is 22.5. The van der Waals surface area contributed by atoms with Crippen LogP contribution in [0.3, 0.4) is 0 Å². The zero-order valence-corrected chi connectivity index (χ0v) is 19.0. The number of benzene rings is 2. The minimum absolute atomic E-state index is 0.103. The van der Waals surface area contributed by atoms with Gasteiger partial charge in [0.15, 0.2) is 0 Å². The van der Waals surface area contributed by atoms with Crippen LogP contribution in [-0.4, -0.2) is 41.2 Å². The van der Waals surface area contributed by atoms with E-state index in [0.29, 0.717) is 18.7 Å². The molecule has 164 valence electrons. The molecular weight excluding hydrogens is 391 g/mol. The largest absolute Gasteiger partial charge is 0.362 e. The third kappa shape index (κ3) is 4.95. The summed E-state index contributed by atoms with van der Waals surface area (Å²) in [6.45, 7) is 7.34. The monoisotopic (exact) mass is 422 g/mol. The second kappa shape index (κ2) is 9.77. The lowest BCUT2D eigenvalue weighted by Crippen LogP contribution is -2.32. The Morgan fingerprint density at radius 1 is 1.06 bits per heavy atom. The lowest BCUT2D eigenvalue weighted by molar-refractivity contribution is 0.0743. The molecule has 1 amide bonds. The van der Waals surface area contributed by atoms with E-state index in [1.54, 1.807) is 12.1 Å². The van der Waals surface area contributed by atoms with Crippen LogP contribution in [-0.2, 0) is 6.54 Å². The SMILES string of the molecule is CCCN(Cc1c(C(C)C)nn(-c2ccccc2)c1N(C)C)C(=O)c1ccc(F)cc1. The zero-order valence-electron chi connectivity index (χ0n) is 19.0. The highest BCUT2D eigenvalue weighted by atomic mass is 19.1. The van der Waals surface area contributed by atoms with Gasteiger partial charge in [0.1, 0.15) is 11.6 Å². The van der Waals surface area contributed by atoms with Crippen molar-refractivity contribution in [3.63, 3.8) is 0 Å². The molecule has 0 aliphatic carbocycles. The van der Waals surface area contributed by atoms with Crippen molar-refractivity contribution in [1.29, 1.82) is 0 Å². The van der Waals surface area contributed by atoms with E-state index in [1.807, 2.05) is 58.9 Å². The molecular formula is C25H31FN4O. The quantitative estimate of drug-likeness (QED) is 0.498. The van der Waals surface area contributed by atoms with Crippen molar-refractivity contribution in [1.82, 2.24) is 14.7 Å². The van der Waals surface area contributed by atoms with Gasteiger partial charge < -0.3 is 9.80 Å². The topological polar surface area (TPSA) is 41.4 Å². The maximum Gasteiger partial charge on any atom is 0.254 e. The predicted octanol–water partition coefficient (Wildman–Crippen LogP) is 5.25. The van der Waals surface area contributed by atoms with Gasteiger partial charge in [-0.05, 0) is 48.7 Å². The van der Waals surface area contributed by atoms with E-state index in [0.717, 1.165) is 29.2 Å². The van der Waals surface area contributed by atoms with Crippen LogP contribution in [0.2, 0.25) is 0 Å². The highest BCUT2D eigenvalue weighted by Crippen LogP contribution is 2.32. The Morgan fingerprint density at radius 3 is 2.26 bits per heavy atom. The number of nitrogens with zero attached hydrogens (tertiary/aromatic N) is 4. The minimum atomic E-state index is -0.347. The molecule has 0 atom stereocenters. The molecule has 0 radical (unpaired) electrons. The molecule has 0 fully saturated rings. The first-order chi connectivity index (χ1) is 14.8. The van der Waals surface area contributed by atoms with Crippen molar-refractivity contribution in [3.8, 4) is 5.69 Å². The number of amides is 1. The average molecular weight is 423 g/mol. The van der Waals surface area contributed by atoms with E-state index >= 15 is 0 Å². The van der Waals surface area contributed by atoms with Crippen molar-refractivity contribution in [2.45, 2.75) is 39.7 Å². The Morgan fingerprint density at radius 2 is 1.71 bits per heavy atom. The average Bonchev–Trinajstić information content (AvgIpc) is 3.14. The summed E-state index contributed by atoms with van der Waals surface area (Å²) in [5.74, 6) is 0.708. The van der Waals surface area contributed by atoms with E-state index in [4.69, 9.17) is 5.10 Å². The summed E-state index contributed by atoms with van der Waals surface area (Å²) in [6.07, 6.45) is 0.827. The molecule has 3 rings (SSSR count). The summed E-state index contributed by atoms with van der Waals surface area (Å²) in [6, 6.07) is 15.8. The first-order valence-electron chi connectivity index (χ1n) is 10.7. The molecule has 1 aromatic heterocycles. The molecule has 0 saturated carbocycles. The van der Waals surface area contributed by atoms with Gasteiger partial charge in [-0.3, -0.25) is 4.79 Å². The van der Waals surface area contributed by atoms with Crippen LogP contribution < -0.4 is 4.90 Å². The van der Waals surface area contributed by atoms with E-state index in [2.05, 4.69) is 20.8 Å². The van der Waals surface area contributed by atoms with Crippen LogP contribution in [0.25, 0.3) is 5.69 Å². The molecule has 0 saturated heterocycles. The second-order valence-corrected chi connectivity index (χ2v) is 8.22. The second-order valence-electron chi connectivity index (χ2n) is 8.22. The highest BCUT2D eigenvalue weighted by Gasteiger charge is 2.26. The summed E-state index contributed by atoms with van der Waals surface area (Å²) < 4.78 is 15.3. The van der Waals surface area contributed by atoms with Crippen LogP contribution in [0, 0.1) is 5.82 Å². The fourth-order valence-corrected chi connectivity index (χ4v) is 3.77. The Labute approximate surface area is 184 Å². The van der Waals surface area contributed by atoms with E-state index < -0.39 is 0 Å². The number of rotatable bonds is 8. The fraction of sp³-hybridized carbons (Fsp3) is 0.360. The number of carbonyl (C=O) groups is 1. The number of hydrogen-bond donors (Lipinski definition) is 0. The maximum atomic E-state index is 13.4. The molecule has 3 aromatic rings. The maximum absolute atomic E-state index is 13.4. The van der Waals surface area contributed by atoms with Crippen molar-refractivity contribution in [3.05, 3.63) is 77.2 Å². The van der Waals surface area contributed by atoms with Crippen molar-refractivity contribution in [2.24, 2.45) is 0 Å². The molecule has 0 N–H and O–H groups in total. The standard InChI is InChI=1S/C25H31FN4O/c1-6-16-29(25(31)19-12-14-20(26)15-13-19)17-22-23(18(2)3)27-30(24(22)28(4)5)21-10-8-7-9-11-21/h7-15,18H,6,16-17H2,1-5H3. The van der Waals surface area contributed by atoms with E-state index in [9.17, 15) is 9.18 Å². The van der Waals surface area contributed by atoms with E-state index in [1.165, 1.54) is 12.1 Å². The van der Waals surface area contributed by atoms with E-state index in [-0.39, 0.29) is 17.6 Å². The molecule has 0 bridgehead atoms. The van der Waals surface area contributed by atoms with Crippen molar-refractivity contribution < 1.29 is 9.18 Å². The van der Waals surface area contributed by atoms with Gasteiger partial charge in [0, 0.05) is 31.8 Å². The first kappa shape index (κ1) is 22.5. The van der Waals surface area contributed by atoms with Crippen molar-refractivity contribution in [2.75, 3.05) is 25.5 Å². The number of carbonyl (C=O) groups excluding carboxylic acids is 1. The Hall–Kier alpha value is -3.15. The predicted molar refractivity (Wildman–Crippen MR) is 123 cm³/mol. The van der Waals surface area contributed by atoms with Crippen LogP contribution >= 0.6 is 0 Å². The molecule has 1 heterocycles. The van der Waals surface area contributed by atoms with Gasteiger partial charge in [-0.15, -0.1) is 0 Å². The smallest absolute Gasteiger partial charge is 0.254 e. The van der Waals surface area contributed by atoms with Gasteiger partial charge in [0.25, 0.3) is 5.91 Å². The summed E-state index contributed by atoms with van der Waals surface area (Å²) in [5.41, 5.74) is 3.47. The third-order valence-electron chi connectivity index (χ3n) is 5.18. The molecule has 5 nitrogen and oxygen atoms in total. The van der Waals surface area contributed by atoms with Crippen LogP contribution in [0.15, 0.2) is 54.6 Å². The minimum Gasteiger partial charge on any atom is -0.362 e. The number of aromatic nitrogens is 2. The molecule has 6 heteroatoms. The molecule has 0 spiro atoms. The summed E-state index contributed by atoms with van der Waals surface area (Å²) in [5, 5.41) is 4.95. The Balaban J connectivity index is 2.07. The molecule has 31 heavy (non-hydrogen) atoms. The molecule has 0 unspecified atom stereocenters. The lowest BCUT2D eigenvalue weighted by Gasteiger charge is -2.25. The Kier molecular flexibility index (Phi) is 7.10. The summed E-state index contributed by atoms with van der Waals surface area (Å²) in [7, 11) is 3.99. The third-order valence-corrected chi connectivity index (χ3v) is 5.18. The van der Waals surface area contributed by atoms with Gasteiger partial charge in [-0.1, -0.05) is 39.0 Å². The van der Waals surface area contributed by atoms with Crippen molar-refractivity contribution >= 4 is 11.7 Å². The van der Waals surface area contributed by atoms with Crippen LogP contribution in [0.5, 0.6) is 0 Å². The van der Waals surface area contributed by atoms with Gasteiger partial charge in [-0.25, -0.2) is 9.07 Å².